The molecule has 6 heteroatoms. The molecule has 0 radical (unpaired) electrons. The molecule has 2 aliphatic rings. The highest BCUT2D eigenvalue weighted by Gasteiger charge is 2.43. The summed E-state index contributed by atoms with van der Waals surface area (Å²) in [6.07, 6.45) is 6.44. The van der Waals surface area contributed by atoms with E-state index < -0.39 is 11.6 Å². The number of amides is 1. The van der Waals surface area contributed by atoms with Crippen LogP contribution in [-0.4, -0.2) is 45.5 Å². The van der Waals surface area contributed by atoms with E-state index in [4.69, 9.17) is 9.84 Å². The van der Waals surface area contributed by atoms with Crippen LogP contribution >= 0.6 is 0 Å². The van der Waals surface area contributed by atoms with Crippen molar-refractivity contribution in [3.05, 3.63) is 11.6 Å². The lowest BCUT2D eigenvalue weighted by molar-refractivity contribution is -0.137. The third kappa shape index (κ3) is 5.31. The minimum atomic E-state index is -0.837. The number of ether oxygens (including phenoxy) is 1. The number of carbonyl (C=O) groups excluding carboxylic acids is 2. The first-order valence-electron chi connectivity index (χ1n) is 9.15. The van der Waals surface area contributed by atoms with E-state index >= 15 is 0 Å². The molecule has 0 aromatic carbocycles. The Hall–Kier alpha value is -1.85. The Bertz CT molecular complexity index is 561. The second-order valence-corrected chi connectivity index (χ2v) is 7.90. The normalized spacial score (nSPS) is 23.0. The van der Waals surface area contributed by atoms with Gasteiger partial charge in [-0.15, -0.1) is 0 Å². The lowest BCUT2D eigenvalue weighted by Gasteiger charge is -2.32. The first kappa shape index (κ1) is 19.5. The van der Waals surface area contributed by atoms with Gasteiger partial charge in [-0.1, -0.05) is 6.08 Å². The Morgan fingerprint density at radius 3 is 2.48 bits per heavy atom. The maximum Gasteiger partial charge on any atom is 0.411 e. The molecular weight excluding hydrogens is 322 g/mol. The topological polar surface area (TPSA) is 83.9 Å². The fraction of sp³-hybridized carbons (Fsp3) is 0.737. The number of hydrogen-bond acceptors (Lipinski definition) is 4. The molecule has 2 unspecified atom stereocenters. The second kappa shape index (κ2) is 8.02. The molecule has 0 aromatic rings. The van der Waals surface area contributed by atoms with Gasteiger partial charge in [0.25, 0.3) is 0 Å². The van der Waals surface area contributed by atoms with Crippen LogP contribution in [0.3, 0.4) is 0 Å². The van der Waals surface area contributed by atoms with Crippen molar-refractivity contribution in [2.45, 2.75) is 89.8 Å². The number of hydrogen-bond donors (Lipinski definition) is 1. The summed E-state index contributed by atoms with van der Waals surface area (Å²) in [4.78, 5) is 37.6. The summed E-state index contributed by atoms with van der Waals surface area (Å²) in [6.45, 7) is 5.53. The Kier molecular flexibility index (Phi) is 6.25. The van der Waals surface area contributed by atoms with Gasteiger partial charge in [0.1, 0.15) is 5.60 Å². The Morgan fingerprint density at radius 1 is 1.16 bits per heavy atom. The van der Waals surface area contributed by atoms with Crippen LogP contribution in [0.5, 0.6) is 0 Å². The number of aliphatic carboxylic acids is 1. The molecule has 1 N–H and O–H groups in total. The second-order valence-electron chi connectivity index (χ2n) is 7.90. The summed E-state index contributed by atoms with van der Waals surface area (Å²) in [5, 5.41) is 8.68. The van der Waals surface area contributed by atoms with E-state index in [9.17, 15) is 14.4 Å². The number of ketones is 1. The average molecular weight is 351 g/mol. The van der Waals surface area contributed by atoms with Crippen LogP contribution in [0.2, 0.25) is 0 Å². The largest absolute Gasteiger partial charge is 0.481 e. The predicted octanol–water partition coefficient (Wildman–Crippen LogP) is 3.69. The van der Waals surface area contributed by atoms with Crippen LogP contribution in [-0.2, 0) is 14.3 Å². The molecule has 0 aromatic heterocycles. The van der Waals surface area contributed by atoms with Crippen molar-refractivity contribution in [3.8, 4) is 0 Å². The molecule has 2 bridgehead atoms. The lowest BCUT2D eigenvalue weighted by atomic mass is 9.94. The lowest BCUT2D eigenvalue weighted by Crippen LogP contribution is -2.45. The maximum absolute atomic E-state index is 12.6. The number of unbranched alkanes of at least 4 members (excludes halogenated alkanes) is 1. The molecule has 0 saturated carbocycles. The molecule has 1 saturated heterocycles. The van der Waals surface area contributed by atoms with E-state index in [-0.39, 0.29) is 30.4 Å². The van der Waals surface area contributed by atoms with E-state index in [2.05, 4.69) is 0 Å². The first-order chi connectivity index (χ1) is 11.7. The highest BCUT2D eigenvalue weighted by molar-refractivity contribution is 5.97. The molecule has 2 aliphatic heterocycles. The third-order valence-electron chi connectivity index (χ3n) is 4.70. The molecule has 0 spiro atoms. The summed E-state index contributed by atoms with van der Waals surface area (Å²) >= 11 is 0. The number of rotatable bonds is 6. The van der Waals surface area contributed by atoms with Gasteiger partial charge in [0.2, 0.25) is 0 Å². The summed E-state index contributed by atoms with van der Waals surface area (Å²) in [6, 6.07) is -0.0669. The van der Waals surface area contributed by atoms with E-state index in [1.54, 1.807) is 4.90 Å². The van der Waals surface area contributed by atoms with Crippen molar-refractivity contribution in [1.29, 1.82) is 0 Å². The van der Waals surface area contributed by atoms with Crippen LogP contribution in [0.25, 0.3) is 0 Å². The SMILES string of the molecule is CC(C)(C)OC(=O)N1C2CCC=C(C(=O)CCCCC(=O)O)C1CC2. The molecule has 2 rings (SSSR count). The van der Waals surface area contributed by atoms with Crippen molar-refractivity contribution in [3.63, 3.8) is 0 Å². The molecule has 2 heterocycles. The minimum Gasteiger partial charge on any atom is -0.481 e. The molecule has 2 atom stereocenters. The fourth-order valence-corrected chi connectivity index (χ4v) is 3.64. The number of carbonyl (C=O) groups is 3. The fourth-order valence-electron chi connectivity index (χ4n) is 3.64. The maximum atomic E-state index is 12.6. The van der Waals surface area contributed by atoms with Crippen LogP contribution in [0.1, 0.15) is 72.1 Å². The van der Waals surface area contributed by atoms with Gasteiger partial charge in [0, 0.05) is 24.5 Å². The third-order valence-corrected chi connectivity index (χ3v) is 4.70. The standard InChI is InChI=1S/C19H29NO5/c1-19(2,3)25-18(24)20-13-7-6-8-14(15(20)12-11-13)16(21)9-4-5-10-17(22)23/h8,13,15H,4-7,9-12H2,1-3H3,(H,22,23). The molecule has 6 nitrogen and oxygen atoms in total. The van der Waals surface area contributed by atoms with Crippen molar-refractivity contribution < 1.29 is 24.2 Å². The van der Waals surface area contributed by atoms with Crippen molar-refractivity contribution >= 4 is 17.8 Å². The van der Waals surface area contributed by atoms with Gasteiger partial charge in [-0.25, -0.2) is 4.79 Å². The highest BCUT2D eigenvalue weighted by atomic mass is 16.6. The highest BCUT2D eigenvalue weighted by Crippen LogP contribution is 2.36. The van der Waals surface area contributed by atoms with E-state index in [0.717, 1.165) is 25.7 Å². The van der Waals surface area contributed by atoms with Gasteiger partial charge in [0.15, 0.2) is 5.78 Å². The molecule has 0 aliphatic carbocycles. The Morgan fingerprint density at radius 2 is 1.84 bits per heavy atom. The average Bonchev–Trinajstić information content (AvgIpc) is 2.78. The van der Waals surface area contributed by atoms with Crippen LogP contribution in [0.4, 0.5) is 4.79 Å². The first-order valence-corrected chi connectivity index (χ1v) is 9.15. The molecular formula is C19H29NO5. The number of Topliss-reactive ketones (excluding diaryl/α,β-unsaturated/α-hetero) is 1. The van der Waals surface area contributed by atoms with Gasteiger partial charge >= 0.3 is 12.1 Å². The van der Waals surface area contributed by atoms with Gasteiger partial charge in [-0.2, -0.15) is 0 Å². The van der Waals surface area contributed by atoms with E-state index in [0.29, 0.717) is 24.8 Å². The van der Waals surface area contributed by atoms with Crippen LogP contribution in [0, 0.1) is 0 Å². The predicted molar refractivity (Wildman–Crippen MR) is 93.3 cm³/mol. The van der Waals surface area contributed by atoms with Crippen molar-refractivity contribution in [2.75, 3.05) is 0 Å². The van der Waals surface area contributed by atoms with E-state index in [1.807, 2.05) is 26.8 Å². The van der Waals surface area contributed by atoms with Crippen LogP contribution < -0.4 is 0 Å². The van der Waals surface area contributed by atoms with Crippen molar-refractivity contribution in [1.82, 2.24) is 4.90 Å². The molecule has 140 valence electrons. The number of carboxylic acid groups (broad SMARTS) is 1. The zero-order valence-electron chi connectivity index (χ0n) is 15.4. The molecule has 1 amide bonds. The molecule has 25 heavy (non-hydrogen) atoms. The van der Waals surface area contributed by atoms with E-state index in [1.165, 1.54) is 0 Å². The Balaban J connectivity index is 2.03. The smallest absolute Gasteiger partial charge is 0.411 e. The van der Waals surface area contributed by atoms with Gasteiger partial charge in [0.05, 0.1) is 6.04 Å². The van der Waals surface area contributed by atoms with Gasteiger partial charge < -0.3 is 9.84 Å². The minimum absolute atomic E-state index is 0.0338. The number of fused-ring (bicyclic) bond motifs is 2. The van der Waals surface area contributed by atoms with Crippen LogP contribution in [0.15, 0.2) is 11.6 Å². The van der Waals surface area contributed by atoms with Gasteiger partial charge in [-0.05, 0) is 59.3 Å². The number of nitrogens with zero attached hydrogens (tertiary/aromatic N) is 1. The number of carboxylic acids is 1. The quantitative estimate of drug-likeness (QED) is 0.738. The summed E-state index contributed by atoms with van der Waals surface area (Å²) in [5.74, 6) is -0.803. The van der Waals surface area contributed by atoms with Crippen molar-refractivity contribution in [2.24, 2.45) is 0 Å². The summed E-state index contributed by atoms with van der Waals surface area (Å²) in [7, 11) is 0. The number of allylic oxidation sites excluding steroid dienone is 1. The Labute approximate surface area is 149 Å². The zero-order chi connectivity index (χ0) is 18.6. The monoisotopic (exact) mass is 351 g/mol. The van der Waals surface area contributed by atoms with Gasteiger partial charge in [-0.3, -0.25) is 14.5 Å². The zero-order valence-corrected chi connectivity index (χ0v) is 15.4. The summed E-state index contributed by atoms with van der Waals surface area (Å²) in [5.41, 5.74) is 0.147. The summed E-state index contributed by atoms with van der Waals surface area (Å²) < 4.78 is 5.55. The molecule has 1 fully saturated rings.